The molecule has 0 saturated carbocycles. The van der Waals surface area contributed by atoms with Crippen molar-refractivity contribution in [3.05, 3.63) is 34.7 Å². The molecule has 0 radical (unpaired) electrons. The number of rotatable bonds is 1. The number of hydrogen-bond acceptors (Lipinski definition) is 2. The number of fused-ring (bicyclic) bond motifs is 1. The van der Waals surface area contributed by atoms with E-state index in [9.17, 15) is 4.79 Å². The van der Waals surface area contributed by atoms with Crippen LogP contribution in [0.4, 0.5) is 0 Å². The lowest BCUT2D eigenvalue weighted by molar-refractivity contribution is 0.112. The normalized spacial score (nSPS) is 10.4. The van der Waals surface area contributed by atoms with Crippen molar-refractivity contribution in [2.75, 3.05) is 0 Å². The van der Waals surface area contributed by atoms with Crippen LogP contribution in [0.25, 0.3) is 10.1 Å². The number of aldehydes is 1. The molecule has 12 heavy (non-hydrogen) atoms. The summed E-state index contributed by atoms with van der Waals surface area (Å²) in [4.78, 5) is 10.5. The first-order valence-electron chi connectivity index (χ1n) is 3.74. The fourth-order valence-corrected chi connectivity index (χ4v) is 2.17. The highest BCUT2D eigenvalue weighted by molar-refractivity contribution is 7.17. The molecule has 0 amide bonds. The standard InChI is InChI=1S/C10H8OS/c1-7-6-12-10-3-2-8(5-11)4-9(7)10/h2-6H,1H3. The van der Waals surface area contributed by atoms with Crippen molar-refractivity contribution in [1.82, 2.24) is 0 Å². The molecule has 1 aromatic carbocycles. The number of carbonyl (C=O) groups excluding carboxylic acids is 1. The van der Waals surface area contributed by atoms with E-state index >= 15 is 0 Å². The predicted octanol–water partition coefficient (Wildman–Crippen LogP) is 3.02. The van der Waals surface area contributed by atoms with Gasteiger partial charge in [-0.25, -0.2) is 0 Å². The fourth-order valence-electron chi connectivity index (χ4n) is 1.25. The molecule has 0 aliphatic heterocycles. The van der Waals surface area contributed by atoms with Crippen LogP contribution in [0.3, 0.4) is 0 Å². The lowest BCUT2D eigenvalue weighted by Crippen LogP contribution is -1.77. The molecule has 60 valence electrons. The van der Waals surface area contributed by atoms with Crippen LogP contribution in [0.5, 0.6) is 0 Å². The lowest BCUT2D eigenvalue weighted by Gasteiger charge is -1.92. The monoisotopic (exact) mass is 176 g/mol. The Balaban J connectivity index is 2.79. The summed E-state index contributed by atoms with van der Waals surface area (Å²) in [5.41, 5.74) is 2.00. The summed E-state index contributed by atoms with van der Waals surface area (Å²) in [5, 5.41) is 3.31. The van der Waals surface area contributed by atoms with Gasteiger partial charge in [-0.05, 0) is 35.4 Å². The summed E-state index contributed by atoms with van der Waals surface area (Å²) in [6.45, 7) is 2.06. The maximum absolute atomic E-state index is 10.5. The zero-order valence-electron chi connectivity index (χ0n) is 6.70. The van der Waals surface area contributed by atoms with Crippen LogP contribution in [0.2, 0.25) is 0 Å². The van der Waals surface area contributed by atoms with Crippen molar-refractivity contribution in [3.8, 4) is 0 Å². The largest absolute Gasteiger partial charge is 0.298 e. The highest BCUT2D eigenvalue weighted by atomic mass is 32.1. The van der Waals surface area contributed by atoms with Crippen molar-refractivity contribution >= 4 is 27.7 Å². The van der Waals surface area contributed by atoms with Gasteiger partial charge in [0, 0.05) is 10.3 Å². The third-order valence-corrected chi connectivity index (χ3v) is 3.01. The Labute approximate surface area is 74.6 Å². The number of hydrogen-bond donors (Lipinski definition) is 0. The highest BCUT2D eigenvalue weighted by Gasteiger charge is 1.99. The molecule has 1 nitrogen and oxygen atoms in total. The summed E-state index contributed by atoms with van der Waals surface area (Å²) in [6, 6.07) is 5.79. The first-order valence-corrected chi connectivity index (χ1v) is 4.62. The Hall–Kier alpha value is -1.15. The summed E-state index contributed by atoms with van der Waals surface area (Å²) in [7, 11) is 0. The minimum Gasteiger partial charge on any atom is -0.298 e. The Bertz CT molecular complexity index is 428. The summed E-state index contributed by atoms with van der Waals surface area (Å²) >= 11 is 1.72. The average Bonchev–Trinajstić information content (AvgIpc) is 2.47. The van der Waals surface area contributed by atoms with Gasteiger partial charge in [0.1, 0.15) is 6.29 Å². The van der Waals surface area contributed by atoms with E-state index in [1.165, 1.54) is 15.6 Å². The van der Waals surface area contributed by atoms with Gasteiger partial charge in [-0.15, -0.1) is 11.3 Å². The summed E-state index contributed by atoms with van der Waals surface area (Å²) < 4.78 is 1.25. The molecule has 0 bridgehead atoms. The molecule has 0 atom stereocenters. The second-order valence-electron chi connectivity index (χ2n) is 2.79. The van der Waals surface area contributed by atoms with E-state index in [0.717, 1.165) is 11.8 Å². The molecule has 1 aromatic heterocycles. The van der Waals surface area contributed by atoms with Gasteiger partial charge in [-0.2, -0.15) is 0 Å². The van der Waals surface area contributed by atoms with Crippen LogP contribution in [-0.4, -0.2) is 6.29 Å². The second kappa shape index (κ2) is 2.72. The molecular formula is C10H8OS. The average molecular weight is 176 g/mol. The topological polar surface area (TPSA) is 17.1 Å². The summed E-state index contributed by atoms with van der Waals surface area (Å²) in [6.07, 6.45) is 0.885. The SMILES string of the molecule is Cc1csc2ccc(C=O)cc12. The van der Waals surface area contributed by atoms with Gasteiger partial charge in [0.2, 0.25) is 0 Å². The van der Waals surface area contributed by atoms with Gasteiger partial charge in [0.25, 0.3) is 0 Å². The van der Waals surface area contributed by atoms with Crippen molar-refractivity contribution < 1.29 is 4.79 Å². The van der Waals surface area contributed by atoms with Gasteiger partial charge in [0.15, 0.2) is 0 Å². The molecule has 2 rings (SSSR count). The molecule has 0 fully saturated rings. The van der Waals surface area contributed by atoms with Crippen LogP contribution in [0, 0.1) is 6.92 Å². The molecule has 0 unspecified atom stereocenters. The van der Waals surface area contributed by atoms with Gasteiger partial charge in [-0.3, -0.25) is 4.79 Å². The smallest absolute Gasteiger partial charge is 0.150 e. The lowest BCUT2D eigenvalue weighted by atomic mass is 10.1. The van der Waals surface area contributed by atoms with E-state index in [1.54, 1.807) is 11.3 Å². The zero-order valence-corrected chi connectivity index (χ0v) is 7.52. The van der Waals surface area contributed by atoms with Crippen molar-refractivity contribution in [2.24, 2.45) is 0 Å². The van der Waals surface area contributed by atoms with Crippen LogP contribution in [0.15, 0.2) is 23.6 Å². The van der Waals surface area contributed by atoms with Crippen LogP contribution in [0.1, 0.15) is 15.9 Å². The third-order valence-electron chi connectivity index (χ3n) is 1.93. The van der Waals surface area contributed by atoms with Gasteiger partial charge >= 0.3 is 0 Å². The molecule has 0 aliphatic carbocycles. The Morgan fingerprint density at radius 2 is 2.25 bits per heavy atom. The number of thiophene rings is 1. The van der Waals surface area contributed by atoms with E-state index in [0.29, 0.717) is 0 Å². The van der Waals surface area contributed by atoms with Crippen LogP contribution >= 0.6 is 11.3 Å². The molecule has 2 aromatic rings. The van der Waals surface area contributed by atoms with Gasteiger partial charge < -0.3 is 0 Å². The molecule has 0 saturated heterocycles. The molecule has 0 aliphatic rings. The van der Waals surface area contributed by atoms with E-state index in [2.05, 4.69) is 12.3 Å². The molecule has 2 heteroatoms. The first-order chi connectivity index (χ1) is 5.81. The zero-order chi connectivity index (χ0) is 8.55. The van der Waals surface area contributed by atoms with E-state index in [4.69, 9.17) is 0 Å². The van der Waals surface area contributed by atoms with Gasteiger partial charge in [-0.1, -0.05) is 6.07 Å². The minimum absolute atomic E-state index is 0.754. The maximum atomic E-state index is 10.5. The first kappa shape index (κ1) is 7.50. The number of carbonyl (C=O) groups is 1. The second-order valence-corrected chi connectivity index (χ2v) is 3.70. The number of aryl methyl sites for hydroxylation is 1. The highest BCUT2D eigenvalue weighted by Crippen LogP contribution is 2.25. The minimum atomic E-state index is 0.754. The Morgan fingerprint density at radius 3 is 3.00 bits per heavy atom. The van der Waals surface area contributed by atoms with Crippen molar-refractivity contribution in [3.63, 3.8) is 0 Å². The fraction of sp³-hybridized carbons (Fsp3) is 0.100. The predicted molar refractivity (Wildman–Crippen MR) is 51.9 cm³/mol. The van der Waals surface area contributed by atoms with Gasteiger partial charge in [0.05, 0.1) is 0 Å². The Morgan fingerprint density at radius 1 is 1.42 bits per heavy atom. The van der Waals surface area contributed by atoms with Crippen molar-refractivity contribution in [2.45, 2.75) is 6.92 Å². The molecule has 1 heterocycles. The quantitative estimate of drug-likeness (QED) is 0.610. The Kier molecular flexibility index (Phi) is 1.70. The van der Waals surface area contributed by atoms with Crippen molar-refractivity contribution in [1.29, 1.82) is 0 Å². The van der Waals surface area contributed by atoms with Crippen LogP contribution < -0.4 is 0 Å². The molecule has 0 spiro atoms. The van der Waals surface area contributed by atoms with E-state index < -0.39 is 0 Å². The number of benzene rings is 1. The molecular weight excluding hydrogens is 168 g/mol. The third kappa shape index (κ3) is 1.04. The molecule has 0 N–H and O–H groups in total. The van der Waals surface area contributed by atoms with Crippen LogP contribution in [-0.2, 0) is 0 Å². The maximum Gasteiger partial charge on any atom is 0.150 e. The van der Waals surface area contributed by atoms with E-state index in [1.807, 2.05) is 18.2 Å². The summed E-state index contributed by atoms with van der Waals surface area (Å²) in [5.74, 6) is 0. The van der Waals surface area contributed by atoms with E-state index in [-0.39, 0.29) is 0 Å².